The Bertz CT molecular complexity index is 1380. The number of sulfonamides is 1. The molecule has 0 spiro atoms. The molecule has 0 fully saturated rings. The second-order valence-corrected chi connectivity index (χ2v) is 12.0. The van der Waals surface area contributed by atoms with Crippen LogP contribution in [0.2, 0.25) is 0 Å². The summed E-state index contributed by atoms with van der Waals surface area (Å²) >= 11 is 3.44. The summed E-state index contributed by atoms with van der Waals surface area (Å²) in [5.74, 6) is -0.755. The van der Waals surface area contributed by atoms with Crippen molar-refractivity contribution in [3.8, 4) is 0 Å². The molecule has 3 aromatic carbocycles. The van der Waals surface area contributed by atoms with Gasteiger partial charge in [-0.1, -0.05) is 70.5 Å². The van der Waals surface area contributed by atoms with E-state index in [1.165, 1.54) is 4.90 Å². The molecule has 0 bridgehead atoms. The summed E-state index contributed by atoms with van der Waals surface area (Å²) in [7, 11) is -3.80. The van der Waals surface area contributed by atoms with Gasteiger partial charge >= 0.3 is 0 Å². The third-order valence-electron chi connectivity index (χ3n) is 6.33. The van der Waals surface area contributed by atoms with E-state index in [0.29, 0.717) is 18.7 Å². The van der Waals surface area contributed by atoms with E-state index in [9.17, 15) is 18.0 Å². The number of nitrogens with one attached hydrogen (secondary N) is 1. The summed E-state index contributed by atoms with van der Waals surface area (Å²) in [5, 5.41) is 2.86. The number of halogens is 1. The van der Waals surface area contributed by atoms with E-state index in [0.717, 1.165) is 37.3 Å². The van der Waals surface area contributed by atoms with Crippen molar-refractivity contribution in [1.82, 2.24) is 10.2 Å². The molecule has 0 aliphatic rings. The van der Waals surface area contributed by atoms with E-state index in [4.69, 9.17) is 0 Å². The van der Waals surface area contributed by atoms with Crippen LogP contribution in [0.3, 0.4) is 0 Å². The maximum absolute atomic E-state index is 14.0. The molecule has 1 atom stereocenters. The fourth-order valence-electron chi connectivity index (χ4n) is 4.21. The minimum atomic E-state index is -3.80. The van der Waals surface area contributed by atoms with Crippen LogP contribution < -0.4 is 9.62 Å². The Morgan fingerprint density at radius 2 is 1.61 bits per heavy atom. The third kappa shape index (κ3) is 7.68. The van der Waals surface area contributed by atoms with Gasteiger partial charge in [-0.15, -0.1) is 0 Å². The summed E-state index contributed by atoms with van der Waals surface area (Å²) in [6, 6.07) is 21.5. The lowest BCUT2D eigenvalue weighted by Crippen LogP contribution is -2.53. The standard InChI is InChI=1S/C29H34BrN3O4S/c1-5-31-29(35)27(18-23-12-7-6-8-13-23)32(19-24-14-10-9-11-21(24)2)28(34)20-33(38(4,36)37)25-15-16-26(30)22(3)17-25/h6-17,27H,5,18-20H2,1-4H3,(H,31,35)/t27-/m0/s1. The van der Waals surface area contributed by atoms with E-state index < -0.39 is 28.5 Å². The molecule has 3 aromatic rings. The number of anilines is 1. The lowest BCUT2D eigenvalue weighted by atomic mass is 10.0. The first-order valence-corrected chi connectivity index (χ1v) is 15.0. The van der Waals surface area contributed by atoms with Crippen molar-refractivity contribution >= 4 is 43.5 Å². The zero-order valence-electron chi connectivity index (χ0n) is 22.1. The molecule has 3 rings (SSSR count). The van der Waals surface area contributed by atoms with Crippen molar-refractivity contribution in [2.45, 2.75) is 39.8 Å². The lowest BCUT2D eigenvalue weighted by Gasteiger charge is -2.33. The van der Waals surface area contributed by atoms with Crippen LogP contribution in [0.25, 0.3) is 0 Å². The van der Waals surface area contributed by atoms with Crippen molar-refractivity contribution in [1.29, 1.82) is 0 Å². The molecule has 1 N–H and O–H groups in total. The fraction of sp³-hybridized carbons (Fsp3) is 0.310. The topological polar surface area (TPSA) is 86.8 Å². The van der Waals surface area contributed by atoms with Crippen molar-refractivity contribution < 1.29 is 18.0 Å². The molecule has 38 heavy (non-hydrogen) atoms. The fourth-order valence-corrected chi connectivity index (χ4v) is 5.30. The number of hydrogen-bond donors (Lipinski definition) is 1. The number of hydrogen-bond acceptors (Lipinski definition) is 4. The number of likely N-dealkylation sites (N-methyl/N-ethyl adjacent to an activating group) is 1. The van der Waals surface area contributed by atoms with Gasteiger partial charge in [0.2, 0.25) is 21.8 Å². The predicted molar refractivity (Wildman–Crippen MR) is 155 cm³/mol. The molecule has 202 valence electrons. The minimum Gasteiger partial charge on any atom is -0.355 e. The molecule has 0 saturated carbocycles. The highest BCUT2D eigenvalue weighted by Gasteiger charge is 2.33. The van der Waals surface area contributed by atoms with Crippen LogP contribution in [0.5, 0.6) is 0 Å². The Morgan fingerprint density at radius 3 is 2.21 bits per heavy atom. The molecule has 9 heteroatoms. The first kappa shape index (κ1) is 29.4. The van der Waals surface area contributed by atoms with E-state index in [2.05, 4.69) is 21.2 Å². The summed E-state index contributed by atoms with van der Waals surface area (Å²) in [4.78, 5) is 28.9. The summed E-state index contributed by atoms with van der Waals surface area (Å²) in [5.41, 5.74) is 3.98. The van der Waals surface area contributed by atoms with Crippen molar-refractivity contribution in [3.63, 3.8) is 0 Å². The summed E-state index contributed by atoms with van der Waals surface area (Å²) in [6.45, 7) is 5.76. The average Bonchev–Trinajstić information content (AvgIpc) is 2.87. The highest BCUT2D eigenvalue weighted by molar-refractivity contribution is 9.10. The SMILES string of the molecule is CCNC(=O)[C@H](Cc1ccccc1)N(Cc1ccccc1C)C(=O)CN(c1ccc(Br)c(C)c1)S(C)(=O)=O. The largest absolute Gasteiger partial charge is 0.355 e. The van der Waals surface area contributed by atoms with Crippen LogP contribution in [0.15, 0.2) is 77.3 Å². The van der Waals surface area contributed by atoms with Crippen LogP contribution >= 0.6 is 15.9 Å². The third-order valence-corrected chi connectivity index (χ3v) is 8.36. The molecule has 0 unspecified atom stereocenters. The second kappa shape index (κ2) is 13.1. The van der Waals surface area contributed by atoms with Crippen LogP contribution in [-0.2, 0) is 32.6 Å². The molecule has 0 aromatic heterocycles. The first-order valence-electron chi connectivity index (χ1n) is 12.4. The number of nitrogens with zero attached hydrogens (tertiary/aromatic N) is 2. The monoisotopic (exact) mass is 599 g/mol. The average molecular weight is 601 g/mol. The number of amides is 2. The van der Waals surface area contributed by atoms with Gasteiger partial charge in [-0.05, 0) is 61.2 Å². The number of carbonyl (C=O) groups is 2. The number of rotatable bonds is 11. The van der Waals surface area contributed by atoms with Crippen molar-refractivity contribution in [2.24, 2.45) is 0 Å². The number of carbonyl (C=O) groups excluding carboxylic acids is 2. The first-order chi connectivity index (χ1) is 18.0. The Morgan fingerprint density at radius 1 is 0.947 bits per heavy atom. The minimum absolute atomic E-state index is 0.164. The maximum atomic E-state index is 14.0. The molecular formula is C29H34BrN3O4S. The van der Waals surface area contributed by atoms with Crippen LogP contribution in [0.1, 0.15) is 29.2 Å². The van der Waals surface area contributed by atoms with Crippen LogP contribution in [-0.4, -0.2) is 50.5 Å². The van der Waals surface area contributed by atoms with Gasteiger partial charge in [0, 0.05) is 24.0 Å². The molecule has 0 saturated heterocycles. The molecule has 7 nitrogen and oxygen atoms in total. The summed E-state index contributed by atoms with van der Waals surface area (Å²) in [6.07, 6.45) is 1.37. The van der Waals surface area contributed by atoms with Crippen LogP contribution in [0, 0.1) is 13.8 Å². The van der Waals surface area contributed by atoms with Crippen molar-refractivity contribution in [2.75, 3.05) is 23.7 Å². The van der Waals surface area contributed by atoms with Gasteiger partial charge in [-0.2, -0.15) is 0 Å². The van der Waals surface area contributed by atoms with Gasteiger partial charge in [0.1, 0.15) is 12.6 Å². The van der Waals surface area contributed by atoms with Gasteiger partial charge in [-0.25, -0.2) is 8.42 Å². The van der Waals surface area contributed by atoms with Gasteiger partial charge in [0.15, 0.2) is 0 Å². The van der Waals surface area contributed by atoms with Crippen LogP contribution in [0.4, 0.5) is 5.69 Å². The van der Waals surface area contributed by atoms with E-state index in [1.807, 2.05) is 75.4 Å². The van der Waals surface area contributed by atoms with Gasteiger partial charge in [-0.3, -0.25) is 13.9 Å². The van der Waals surface area contributed by atoms with E-state index in [1.54, 1.807) is 18.2 Å². The molecule has 0 radical (unpaired) electrons. The zero-order valence-corrected chi connectivity index (χ0v) is 24.6. The number of benzene rings is 3. The quantitative estimate of drug-likeness (QED) is 0.349. The molecule has 0 aliphatic heterocycles. The molecule has 0 heterocycles. The Labute approximate surface area is 234 Å². The normalized spacial score (nSPS) is 12.0. The van der Waals surface area contributed by atoms with Gasteiger partial charge < -0.3 is 10.2 Å². The lowest BCUT2D eigenvalue weighted by molar-refractivity contribution is -0.140. The second-order valence-electron chi connectivity index (χ2n) is 9.25. The summed E-state index contributed by atoms with van der Waals surface area (Å²) < 4.78 is 27.6. The molecular weight excluding hydrogens is 566 g/mol. The highest BCUT2D eigenvalue weighted by atomic mass is 79.9. The van der Waals surface area contributed by atoms with E-state index in [-0.39, 0.29) is 12.5 Å². The number of aryl methyl sites for hydroxylation is 2. The van der Waals surface area contributed by atoms with Gasteiger partial charge in [0.25, 0.3) is 0 Å². The van der Waals surface area contributed by atoms with Crippen molar-refractivity contribution in [3.05, 3.63) is 99.5 Å². The Balaban J connectivity index is 2.06. The zero-order chi connectivity index (χ0) is 27.9. The maximum Gasteiger partial charge on any atom is 0.244 e. The highest BCUT2D eigenvalue weighted by Crippen LogP contribution is 2.25. The van der Waals surface area contributed by atoms with Gasteiger partial charge in [0.05, 0.1) is 11.9 Å². The Kier molecular flexibility index (Phi) is 10.1. The molecule has 0 aliphatic carbocycles. The molecule has 2 amide bonds. The predicted octanol–water partition coefficient (Wildman–Crippen LogP) is 4.61. The van der Waals surface area contributed by atoms with E-state index >= 15 is 0 Å². The Hall–Kier alpha value is -3.17. The smallest absolute Gasteiger partial charge is 0.244 e.